The summed E-state index contributed by atoms with van der Waals surface area (Å²) in [6, 6.07) is 7.29. The van der Waals surface area contributed by atoms with Gasteiger partial charge in [-0.3, -0.25) is 14.4 Å². The summed E-state index contributed by atoms with van der Waals surface area (Å²) in [5.41, 5.74) is 3.75. The lowest BCUT2D eigenvalue weighted by atomic mass is 9.97. The smallest absolute Gasteiger partial charge is 0.264 e. The number of rotatable bonds is 7. The van der Waals surface area contributed by atoms with E-state index < -0.39 is 27.2 Å². The van der Waals surface area contributed by atoms with E-state index in [9.17, 15) is 17.6 Å². The number of hydrogen-bond donors (Lipinski definition) is 2. The van der Waals surface area contributed by atoms with E-state index >= 15 is 0 Å². The maximum Gasteiger partial charge on any atom is 0.264 e. The Morgan fingerprint density at radius 3 is 2.68 bits per heavy atom. The van der Waals surface area contributed by atoms with Gasteiger partial charge < -0.3 is 4.84 Å². The molecule has 7 nitrogen and oxygen atoms in total. The zero-order valence-corrected chi connectivity index (χ0v) is 16.6. The predicted molar refractivity (Wildman–Crippen MR) is 102 cm³/mol. The molecule has 1 aromatic carbocycles. The first-order valence-electron chi connectivity index (χ1n) is 8.73. The molecule has 0 spiro atoms. The Hall–Kier alpha value is -2.44. The monoisotopic (exact) mass is 410 g/mol. The Kier molecular flexibility index (Phi) is 7.16. The third-order valence-corrected chi connectivity index (χ3v) is 6.77. The summed E-state index contributed by atoms with van der Waals surface area (Å²) in [5.74, 6) is 4.61. The lowest BCUT2D eigenvalue weighted by Crippen LogP contribution is -2.49. The van der Waals surface area contributed by atoms with Gasteiger partial charge in [0.2, 0.25) is 0 Å². The molecule has 1 aromatic rings. The van der Waals surface area contributed by atoms with E-state index in [1.165, 1.54) is 12.4 Å². The molecule has 28 heavy (non-hydrogen) atoms. The summed E-state index contributed by atoms with van der Waals surface area (Å²) >= 11 is 0. The number of nitrogens with zero attached hydrogens (tertiary/aromatic N) is 1. The molecule has 9 heteroatoms. The van der Waals surface area contributed by atoms with Gasteiger partial charge >= 0.3 is 0 Å². The quantitative estimate of drug-likeness (QED) is 0.406. The number of benzene rings is 1. The van der Waals surface area contributed by atoms with Gasteiger partial charge in [-0.25, -0.2) is 13.9 Å². The fourth-order valence-corrected chi connectivity index (χ4v) is 3.60. The van der Waals surface area contributed by atoms with E-state index in [1.807, 2.05) is 24.3 Å². The molecule has 0 unspecified atom stereocenters. The van der Waals surface area contributed by atoms with Crippen LogP contribution in [0.5, 0.6) is 0 Å². The van der Waals surface area contributed by atoms with Gasteiger partial charge in [0.25, 0.3) is 5.91 Å². The molecule has 0 bridgehead atoms. The number of oxime groups is 1. The Morgan fingerprint density at radius 1 is 1.43 bits per heavy atom. The van der Waals surface area contributed by atoms with Crippen molar-refractivity contribution in [3.63, 3.8) is 0 Å². The van der Waals surface area contributed by atoms with Crippen LogP contribution in [0.15, 0.2) is 29.4 Å². The van der Waals surface area contributed by atoms with Crippen molar-refractivity contribution in [1.29, 1.82) is 0 Å². The second kappa shape index (κ2) is 9.17. The molecular formula is C19H23FN2O5S. The van der Waals surface area contributed by atoms with Gasteiger partial charge in [-0.1, -0.05) is 29.1 Å². The Labute approximate surface area is 163 Å². The molecule has 152 valence electrons. The second-order valence-electron chi connectivity index (χ2n) is 6.77. The molecule has 0 radical (unpaired) electrons. The zero-order chi connectivity index (χ0) is 20.8. The van der Waals surface area contributed by atoms with Crippen LogP contribution in [-0.2, 0) is 19.5 Å². The van der Waals surface area contributed by atoms with E-state index in [1.54, 1.807) is 0 Å². The number of carbonyl (C=O) groups excluding carboxylic acids is 1. The fraction of sp³-hybridized carbons (Fsp3) is 0.474. The first kappa shape index (κ1) is 21.9. The molecule has 0 saturated heterocycles. The molecule has 1 heterocycles. The summed E-state index contributed by atoms with van der Waals surface area (Å²) in [4.78, 5) is 17.2. The van der Waals surface area contributed by atoms with Gasteiger partial charge in [0, 0.05) is 24.7 Å². The molecule has 0 aliphatic carbocycles. The zero-order valence-electron chi connectivity index (χ0n) is 15.7. The van der Waals surface area contributed by atoms with Crippen LogP contribution in [-0.4, -0.2) is 49.0 Å². The van der Waals surface area contributed by atoms with Crippen LogP contribution in [0.4, 0.5) is 4.39 Å². The normalized spacial score (nSPS) is 18.3. The average molecular weight is 410 g/mol. The first-order valence-corrected chi connectivity index (χ1v) is 10.6. The predicted octanol–water partition coefficient (Wildman–Crippen LogP) is 1.98. The maximum atomic E-state index is 12.1. The van der Waals surface area contributed by atoms with Crippen LogP contribution in [0.2, 0.25) is 0 Å². The van der Waals surface area contributed by atoms with Crippen molar-refractivity contribution in [2.75, 3.05) is 12.9 Å². The number of alkyl halides is 1. The number of carbonyl (C=O) groups is 1. The lowest BCUT2D eigenvalue weighted by Gasteiger charge is -2.25. The van der Waals surface area contributed by atoms with Crippen LogP contribution in [0.3, 0.4) is 0 Å². The number of amides is 1. The van der Waals surface area contributed by atoms with E-state index in [2.05, 4.69) is 17.0 Å². The van der Waals surface area contributed by atoms with E-state index in [0.29, 0.717) is 12.1 Å². The van der Waals surface area contributed by atoms with Gasteiger partial charge in [0.1, 0.15) is 17.5 Å². The van der Waals surface area contributed by atoms with Crippen molar-refractivity contribution in [2.45, 2.75) is 43.5 Å². The van der Waals surface area contributed by atoms with Crippen LogP contribution < -0.4 is 5.48 Å². The van der Waals surface area contributed by atoms with Crippen LogP contribution in [0.1, 0.15) is 43.7 Å². The highest BCUT2D eigenvalue weighted by Crippen LogP contribution is 2.28. The summed E-state index contributed by atoms with van der Waals surface area (Å²) in [6.07, 6.45) is 1.51. The molecular weight excluding hydrogens is 387 g/mol. The largest absolute Gasteiger partial charge is 0.392 e. The van der Waals surface area contributed by atoms with Crippen LogP contribution in [0, 0.1) is 11.8 Å². The Balaban J connectivity index is 1.98. The first-order chi connectivity index (χ1) is 13.2. The summed E-state index contributed by atoms with van der Waals surface area (Å²) < 4.78 is 34.3. The highest BCUT2D eigenvalue weighted by Gasteiger charge is 2.44. The van der Waals surface area contributed by atoms with E-state index in [-0.39, 0.29) is 25.4 Å². The van der Waals surface area contributed by atoms with Gasteiger partial charge in [0.15, 0.2) is 9.84 Å². The molecule has 2 atom stereocenters. The Morgan fingerprint density at radius 2 is 2.11 bits per heavy atom. The summed E-state index contributed by atoms with van der Waals surface area (Å²) in [7, 11) is -3.75. The standard InChI is InChI=1S/C19H23FN2O5S/c1-19(18(23)21-24,28(2,25)26)11-10-16-13-17(22-27-16)15-8-6-14(7-9-15)5-3-4-12-20/h6-9,16,24H,4,10-13H2,1-2H3,(H,21,23)/t16-,19+/m0/s1. The molecule has 2 rings (SSSR count). The maximum absolute atomic E-state index is 12.1. The Bertz CT molecular complexity index is 902. The number of nitrogens with one attached hydrogen (secondary N) is 1. The molecule has 0 fully saturated rings. The molecule has 1 aliphatic heterocycles. The van der Waals surface area contributed by atoms with Crippen molar-refractivity contribution < 1.29 is 27.6 Å². The molecule has 1 aliphatic rings. The van der Waals surface area contributed by atoms with E-state index in [0.717, 1.165) is 17.4 Å². The lowest BCUT2D eigenvalue weighted by molar-refractivity contribution is -0.131. The average Bonchev–Trinajstić information content (AvgIpc) is 3.14. The minimum atomic E-state index is -3.75. The van der Waals surface area contributed by atoms with Crippen molar-refractivity contribution >= 4 is 21.5 Å². The van der Waals surface area contributed by atoms with Crippen molar-refractivity contribution in [1.82, 2.24) is 5.48 Å². The topological polar surface area (TPSA) is 105 Å². The number of hydroxylamine groups is 1. The fourth-order valence-electron chi connectivity index (χ4n) is 2.73. The number of hydrogen-bond acceptors (Lipinski definition) is 6. The van der Waals surface area contributed by atoms with Gasteiger partial charge in [-0.15, -0.1) is 0 Å². The van der Waals surface area contributed by atoms with Crippen molar-refractivity contribution in [3.05, 3.63) is 35.4 Å². The van der Waals surface area contributed by atoms with Gasteiger partial charge in [-0.2, -0.15) is 0 Å². The minimum absolute atomic E-state index is 0.0191. The number of halogens is 1. The second-order valence-corrected chi connectivity index (χ2v) is 9.22. The SMILES string of the molecule is C[C@@](CC[C@H]1CC(c2ccc(C#CCCF)cc2)=NO1)(C(=O)NO)S(C)(=O)=O. The molecule has 1 amide bonds. The molecule has 0 saturated carbocycles. The van der Waals surface area contributed by atoms with Crippen LogP contribution in [0.25, 0.3) is 0 Å². The number of sulfone groups is 1. The highest BCUT2D eigenvalue weighted by molar-refractivity contribution is 7.92. The molecule has 0 aromatic heterocycles. The van der Waals surface area contributed by atoms with Crippen LogP contribution >= 0.6 is 0 Å². The highest BCUT2D eigenvalue weighted by atomic mass is 32.2. The van der Waals surface area contributed by atoms with E-state index in [4.69, 9.17) is 10.0 Å². The summed E-state index contributed by atoms with van der Waals surface area (Å²) in [5, 5.41) is 12.9. The van der Waals surface area contributed by atoms with Gasteiger partial charge in [-0.05, 0) is 37.5 Å². The molecule has 2 N–H and O–H groups in total. The third kappa shape index (κ3) is 5.09. The van der Waals surface area contributed by atoms with Crippen molar-refractivity contribution in [2.24, 2.45) is 5.16 Å². The minimum Gasteiger partial charge on any atom is -0.392 e. The third-order valence-electron chi connectivity index (χ3n) is 4.75. The summed E-state index contributed by atoms with van der Waals surface area (Å²) in [6.45, 7) is 0.798. The van der Waals surface area contributed by atoms with Crippen molar-refractivity contribution in [3.8, 4) is 11.8 Å². The van der Waals surface area contributed by atoms with Gasteiger partial charge in [0.05, 0.1) is 5.71 Å².